The van der Waals surface area contributed by atoms with Crippen LogP contribution in [0.2, 0.25) is 30.4 Å². The highest BCUT2D eigenvalue weighted by atomic mass is 35.5. The standard InChI is InChI=1S/C11H7Cl3N2.C6H5BCl2O2.C5H4ClFN2.H2S/c12-8-3-1-2-6(10(8)14)7-4-5-9(13)16-11(7)15;8-5-3-1-2-4(6(5)9)7(10)11;6-4-2-1-3(7)5(8)9-4;/h1-5H,(H2,15,16);1-3,10-11H;1-2H,(H2,8,9);1H2. The molecule has 0 radical (unpaired) electrons. The number of anilines is 2. The lowest BCUT2D eigenvalue weighted by Gasteiger charge is -2.08. The average molecular weight is 645 g/mol. The van der Waals surface area contributed by atoms with Crippen molar-refractivity contribution in [1.82, 2.24) is 9.97 Å². The van der Waals surface area contributed by atoms with Crippen LogP contribution in [0.4, 0.5) is 16.0 Å². The van der Waals surface area contributed by atoms with Gasteiger partial charge in [-0.25, -0.2) is 14.4 Å². The number of nitrogens with zero attached hydrogens (tertiary/aromatic N) is 2. The molecule has 0 saturated heterocycles. The van der Waals surface area contributed by atoms with Crippen molar-refractivity contribution < 1.29 is 14.4 Å². The van der Waals surface area contributed by atoms with Gasteiger partial charge in [0.2, 0.25) is 0 Å². The molecule has 6 nitrogen and oxygen atoms in total. The molecule has 2 heterocycles. The van der Waals surface area contributed by atoms with E-state index in [-0.39, 0.29) is 35.0 Å². The molecule has 0 aliphatic rings. The summed E-state index contributed by atoms with van der Waals surface area (Å²) in [5.41, 5.74) is 12.5. The lowest BCUT2D eigenvalue weighted by Crippen LogP contribution is -2.30. The van der Waals surface area contributed by atoms with Crippen molar-refractivity contribution in [1.29, 1.82) is 0 Å². The van der Waals surface area contributed by atoms with Gasteiger partial charge >= 0.3 is 7.12 Å². The molecule has 2 aromatic carbocycles. The van der Waals surface area contributed by atoms with Gasteiger partial charge in [-0.1, -0.05) is 93.9 Å². The van der Waals surface area contributed by atoms with Crippen LogP contribution in [0.5, 0.6) is 0 Å². The topological polar surface area (TPSA) is 118 Å². The summed E-state index contributed by atoms with van der Waals surface area (Å²) in [5, 5.41) is 19.5. The fraction of sp³-hybridized carbons (Fsp3) is 0. The Morgan fingerprint density at radius 2 is 1.16 bits per heavy atom. The molecule has 0 saturated carbocycles. The first-order valence-electron chi connectivity index (χ1n) is 9.66. The molecule has 6 N–H and O–H groups in total. The molecule has 196 valence electrons. The maximum Gasteiger partial charge on any atom is 0.490 e. The van der Waals surface area contributed by atoms with Crippen LogP contribution in [-0.2, 0) is 0 Å². The summed E-state index contributed by atoms with van der Waals surface area (Å²) in [5.74, 6) is -0.376. The number of benzene rings is 2. The summed E-state index contributed by atoms with van der Waals surface area (Å²) < 4.78 is 12.3. The number of halogens is 7. The van der Waals surface area contributed by atoms with E-state index in [0.29, 0.717) is 26.0 Å². The van der Waals surface area contributed by atoms with E-state index in [9.17, 15) is 4.39 Å². The lowest BCUT2D eigenvalue weighted by molar-refractivity contribution is 0.426. The van der Waals surface area contributed by atoms with Crippen LogP contribution >= 0.6 is 83.1 Å². The van der Waals surface area contributed by atoms with Crippen LogP contribution in [0.25, 0.3) is 11.1 Å². The first kappa shape index (κ1) is 33.4. The molecule has 0 bridgehead atoms. The molecule has 0 aliphatic heterocycles. The van der Waals surface area contributed by atoms with Crippen LogP contribution in [0.3, 0.4) is 0 Å². The first-order chi connectivity index (χ1) is 16.9. The van der Waals surface area contributed by atoms with E-state index in [4.69, 9.17) is 91.1 Å². The molecule has 15 heteroatoms. The summed E-state index contributed by atoms with van der Waals surface area (Å²) >= 11 is 34.3. The summed E-state index contributed by atoms with van der Waals surface area (Å²) in [6.07, 6.45) is 0. The van der Waals surface area contributed by atoms with E-state index in [1.807, 2.05) is 6.07 Å². The van der Waals surface area contributed by atoms with Gasteiger partial charge in [0, 0.05) is 16.6 Å². The smallest absolute Gasteiger partial charge is 0.423 e. The molecule has 0 spiro atoms. The second-order valence-electron chi connectivity index (χ2n) is 6.69. The van der Waals surface area contributed by atoms with Gasteiger partial charge in [0.15, 0.2) is 11.6 Å². The SMILES string of the molecule is Nc1nc(Cl)ccc1-c1cccc(Cl)c1Cl.Nc1nc(Cl)ccc1F.OB(O)c1cccc(Cl)c1Cl.S. The maximum absolute atomic E-state index is 12.3. The lowest BCUT2D eigenvalue weighted by atomic mass is 9.80. The van der Waals surface area contributed by atoms with E-state index in [1.54, 1.807) is 36.4 Å². The minimum Gasteiger partial charge on any atom is -0.423 e. The Labute approximate surface area is 249 Å². The fourth-order valence-electron chi connectivity index (χ4n) is 2.54. The molecule has 4 rings (SSSR count). The fourth-order valence-corrected chi connectivity index (χ4v) is 3.66. The highest BCUT2D eigenvalue weighted by Crippen LogP contribution is 2.35. The molecule has 0 aliphatic carbocycles. The molecule has 37 heavy (non-hydrogen) atoms. The van der Waals surface area contributed by atoms with Crippen molar-refractivity contribution in [2.24, 2.45) is 0 Å². The number of pyridine rings is 2. The molecular formula is C22H18BCl6FN4O2S. The van der Waals surface area contributed by atoms with Crippen LogP contribution in [0.15, 0.2) is 60.7 Å². The predicted octanol–water partition coefficient (Wildman–Crippen LogP) is 6.53. The largest absolute Gasteiger partial charge is 0.490 e. The molecular weight excluding hydrogens is 627 g/mol. The minimum atomic E-state index is -1.57. The highest BCUT2D eigenvalue weighted by molar-refractivity contribution is 7.59. The monoisotopic (exact) mass is 642 g/mol. The van der Waals surface area contributed by atoms with Crippen molar-refractivity contribution in [3.8, 4) is 11.1 Å². The zero-order valence-corrected chi connectivity index (χ0v) is 24.0. The first-order valence-corrected chi connectivity index (χ1v) is 11.9. The van der Waals surface area contributed by atoms with Crippen molar-refractivity contribution in [3.05, 3.63) is 96.9 Å². The van der Waals surface area contributed by atoms with Crippen molar-refractivity contribution >= 4 is 107 Å². The van der Waals surface area contributed by atoms with E-state index in [1.165, 1.54) is 18.2 Å². The van der Waals surface area contributed by atoms with Crippen molar-refractivity contribution in [2.75, 3.05) is 11.5 Å². The summed E-state index contributed by atoms with van der Waals surface area (Å²) in [6, 6.07) is 16.0. The number of nitrogen functional groups attached to an aromatic ring is 2. The Morgan fingerprint density at radius 3 is 1.65 bits per heavy atom. The number of hydrogen-bond acceptors (Lipinski definition) is 6. The molecule has 2 aromatic heterocycles. The van der Waals surface area contributed by atoms with E-state index < -0.39 is 12.9 Å². The number of hydrogen-bond donors (Lipinski definition) is 4. The Bertz CT molecular complexity index is 1360. The van der Waals surface area contributed by atoms with Crippen molar-refractivity contribution in [2.45, 2.75) is 0 Å². The molecule has 0 amide bonds. The number of nitrogens with two attached hydrogens (primary N) is 2. The zero-order valence-electron chi connectivity index (χ0n) is 18.4. The Hall–Kier alpha value is -1.66. The van der Waals surface area contributed by atoms with Gasteiger partial charge in [0.25, 0.3) is 0 Å². The molecule has 0 atom stereocenters. The average Bonchev–Trinajstić information content (AvgIpc) is 2.81. The molecule has 0 unspecified atom stereocenters. The Kier molecular flexibility index (Phi) is 14.1. The zero-order chi connectivity index (χ0) is 27.0. The van der Waals surface area contributed by atoms with Gasteiger partial charge in [-0.15, -0.1) is 0 Å². The van der Waals surface area contributed by atoms with Gasteiger partial charge in [-0.3, -0.25) is 0 Å². The summed E-state index contributed by atoms with van der Waals surface area (Å²) in [7, 11) is -1.57. The van der Waals surface area contributed by atoms with Gasteiger partial charge < -0.3 is 21.5 Å². The quantitative estimate of drug-likeness (QED) is 0.146. The normalized spacial score (nSPS) is 9.76. The molecule has 0 fully saturated rings. The molecule has 4 aromatic rings. The Morgan fingerprint density at radius 1 is 0.649 bits per heavy atom. The van der Waals surface area contributed by atoms with Crippen LogP contribution in [0, 0.1) is 5.82 Å². The number of aromatic nitrogens is 2. The second kappa shape index (κ2) is 15.7. The third-order valence-corrected chi connectivity index (χ3v) is 6.30. The van der Waals surface area contributed by atoms with Crippen LogP contribution in [0.1, 0.15) is 0 Å². The predicted molar refractivity (Wildman–Crippen MR) is 159 cm³/mol. The van der Waals surface area contributed by atoms with E-state index in [0.717, 1.165) is 11.1 Å². The van der Waals surface area contributed by atoms with Gasteiger partial charge in [-0.05, 0) is 36.4 Å². The van der Waals surface area contributed by atoms with Gasteiger partial charge in [0.05, 0.1) is 20.1 Å². The van der Waals surface area contributed by atoms with E-state index in [2.05, 4.69) is 9.97 Å². The van der Waals surface area contributed by atoms with Crippen molar-refractivity contribution in [3.63, 3.8) is 0 Å². The number of rotatable bonds is 2. The second-order valence-corrected chi connectivity index (χ2v) is 9.03. The maximum atomic E-state index is 12.3. The third kappa shape index (κ3) is 9.87. The van der Waals surface area contributed by atoms with Gasteiger partial charge in [0.1, 0.15) is 16.1 Å². The Balaban J connectivity index is 0.000000287. The van der Waals surface area contributed by atoms with Gasteiger partial charge in [-0.2, -0.15) is 13.5 Å². The van der Waals surface area contributed by atoms with Crippen LogP contribution < -0.4 is 16.9 Å². The summed E-state index contributed by atoms with van der Waals surface area (Å²) in [4.78, 5) is 7.40. The van der Waals surface area contributed by atoms with Crippen LogP contribution in [-0.4, -0.2) is 27.1 Å². The minimum absolute atomic E-state index is 0. The van der Waals surface area contributed by atoms with E-state index >= 15 is 0 Å². The summed E-state index contributed by atoms with van der Waals surface area (Å²) in [6.45, 7) is 0. The third-order valence-electron chi connectivity index (χ3n) is 4.23. The highest BCUT2D eigenvalue weighted by Gasteiger charge is 2.16.